The molecule has 4 heterocycles. The highest BCUT2D eigenvalue weighted by Gasteiger charge is 2.51. The minimum atomic E-state index is -1.95. The molecule has 346 valence electrons. The number of carbonyl (C=O) groups excluding carboxylic acids is 1. The number of phenols is 3. The van der Waals surface area contributed by atoms with Crippen LogP contribution in [-0.4, -0.2) is 173 Å². The quantitative estimate of drug-likeness (QED) is 0.0543. The van der Waals surface area contributed by atoms with Gasteiger partial charge in [-0.05, 0) is 55.0 Å². The Hall–Kier alpha value is -5.44. The van der Waals surface area contributed by atoms with Gasteiger partial charge in [-0.2, -0.15) is 0 Å². The lowest BCUT2D eigenvalue weighted by atomic mass is 9.97. The van der Waals surface area contributed by atoms with E-state index in [-0.39, 0.29) is 34.2 Å². The highest BCUT2D eigenvalue weighted by atomic mass is 16.7. The van der Waals surface area contributed by atoms with Gasteiger partial charge in [0.15, 0.2) is 12.1 Å². The molecule has 7 rings (SSSR count). The number of benzene rings is 3. The van der Waals surface area contributed by atoms with Crippen LogP contribution in [0.5, 0.6) is 28.7 Å². The summed E-state index contributed by atoms with van der Waals surface area (Å²) in [6.45, 7) is -0.0602. The number of rotatable bonds is 12. The molecule has 0 aliphatic carbocycles. The Morgan fingerprint density at radius 3 is 1.94 bits per heavy atom. The van der Waals surface area contributed by atoms with E-state index in [4.69, 9.17) is 37.6 Å². The van der Waals surface area contributed by atoms with E-state index in [1.54, 1.807) is 0 Å². The Morgan fingerprint density at radius 2 is 1.28 bits per heavy atom. The molecule has 22 heteroatoms. The fourth-order valence-corrected chi connectivity index (χ4v) is 7.19. The molecule has 64 heavy (non-hydrogen) atoms. The van der Waals surface area contributed by atoms with Gasteiger partial charge in [0.25, 0.3) is 0 Å². The average molecular weight is 903 g/mol. The SMILES string of the molecule is C[C@@H]1O[C@@H](Oc2cc(O)c3c(=O)c(O[C@@H]4O[C@H](CO)[C@@H](O)[C@H](O)[C@H]4O)c(-c4ccc(O)cc4)oc3c2)[C@H](O)[C@H](O[C@@H]2O[C@H](COC(=O)/C=C/c3ccc(O)cc3)[C@@H](O)[C@H](O)[C@H]2O)[C@H]1O. The zero-order valence-corrected chi connectivity index (χ0v) is 33.5. The third-order valence-electron chi connectivity index (χ3n) is 10.8. The largest absolute Gasteiger partial charge is 0.508 e. The summed E-state index contributed by atoms with van der Waals surface area (Å²) in [6, 6.07) is 13.1. The normalized spacial score (nSPS) is 33.2. The van der Waals surface area contributed by atoms with Crippen LogP contribution in [0.2, 0.25) is 0 Å². The Kier molecular flexibility index (Phi) is 14.1. The first-order valence-electron chi connectivity index (χ1n) is 19.7. The van der Waals surface area contributed by atoms with Crippen LogP contribution in [0, 0.1) is 0 Å². The molecular formula is C42H46O22. The maximum Gasteiger partial charge on any atom is 0.330 e. The van der Waals surface area contributed by atoms with Crippen molar-refractivity contribution in [2.24, 2.45) is 0 Å². The van der Waals surface area contributed by atoms with Crippen molar-refractivity contribution in [2.75, 3.05) is 13.2 Å². The molecule has 12 N–H and O–H groups in total. The van der Waals surface area contributed by atoms with Crippen LogP contribution >= 0.6 is 0 Å². The van der Waals surface area contributed by atoms with Gasteiger partial charge < -0.3 is 98.9 Å². The Morgan fingerprint density at radius 1 is 0.688 bits per heavy atom. The van der Waals surface area contributed by atoms with Crippen LogP contribution in [0.3, 0.4) is 0 Å². The molecule has 0 unspecified atom stereocenters. The third kappa shape index (κ3) is 9.64. The summed E-state index contributed by atoms with van der Waals surface area (Å²) in [5.41, 5.74) is -0.712. The van der Waals surface area contributed by atoms with Gasteiger partial charge in [-0.15, -0.1) is 0 Å². The zero-order chi connectivity index (χ0) is 46.1. The molecule has 0 amide bonds. The number of aromatic hydroxyl groups is 3. The molecule has 0 radical (unpaired) electrons. The third-order valence-corrected chi connectivity index (χ3v) is 10.8. The van der Waals surface area contributed by atoms with E-state index >= 15 is 0 Å². The number of aliphatic hydroxyl groups excluding tert-OH is 9. The maximum atomic E-state index is 14.1. The number of hydrogen-bond donors (Lipinski definition) is 12. The van der Waals surface area contributed by atoms with Crippen LogP contribution in [0.1, 0.15) is 12.5 Å². The van der Waals surface area contributed by atoms with Crippen molar-refractivity contribution in [1.82, 2.24) is 0 Å². The van der Waals surface area contributed by atoms with Crippen molar-refractivity contribution < 1.29 is 104 Å². The molecule has 0 bridgehead atoms. The summed E-state index contributed by atoms with van der Waals surface area (Å²) >= 11 is 0. The molecule has 15 atom stereocenters. The lowest BCUT2D eigenvalue weighted by molar-refractivity contribution is -0.350. The van der Waals surface area contributed by atoms with Gasteiger partial charge in [-0.3, -0.25) is 4.79 Å². The molecule has 0 saturated carbocycles. The van der Waals surface area contributed by atoms with Gasteiger partial charge in [0.1, 0.15) is 108 Å². The van der Waals surface area contributed by atoms with E-state index in [2.05, 4.69) is 0 Å². The summed E-state index contributed by atoms with van der Waals surface area (Å²) < 4.78 is 45.3. The van der Waals surface area contributed by atoms with Gasteiger partial charge in [0.05, 0.1) is 12.7 Å². The van der Waals surface area contributed by atoms with Crippen LogP contribution in [0.25, 0.3) is 28.4 Å². The standard InChI is InChI=1S/C42H46O22/c1-16-28(48)38(63-41-35(55)33(53)30(50)25(62-41)15-57-26(47)11-4-17-2-7-19(44)8-3-17)36(56)42(58-16)59-21-12-22(46)27-23(13-21)60-37(18-5-9-20(45)10-6-18)39(31(27)51)64-40-34(54)32(52)29(49)24(14-43)61-40/h2-13,16,24-25,28-30,32-36,38,40-46,48-50,52-56H,14-15H2,1H3/b11-4+/t16-,24+,25+,28-,29+,30+,32-,33-,34+,35+,36+,38+,40-,41-,42-/m0/s1. The van der Waals surface area contributed by atoms with Crippen molar-refractivity contribution in [3.05, 3.63) is 82.5 Å². The Bertz CT molecular complexity index is 2330. The lowest BCUT2D eigenvalue weighted by Gasteiger charge is -2.45. The summed E-state index contributed by atoms with van der Waals surface area (Å²) in [4.78, 5) is 26.5. The molecule has 1 aromatic heterocycles. The van der Waals surface area contributed by atoms with E-state index in [9.17, 15) is 70.9 Å². The van der Waals surface area contributed by atoms with Crippen LogP contribution in [0.4, 0.5) is 0 Å². The van der Waals surface area contributed by atoms with Crippen molar-refractivity contribution >= 4 is 23.0 Å². The van der Waals surface area contributed by atoms with Crippen LogP contribution in [-0.2, 0) is 28.5 Å². The van der Waals surface area contributed by atoms with E-state index in [1.165, 1.54) is 61.5 Å². The first kappa shape index (κ1) is 46.5. The second-order valence-corrected chi connectivity index (χ2v) is 15.2. The van der Waals surface area contributed by atoms with Gasteiger partial charge in [0, 0.05) is 23.8 Å². The summed E-state index contributed by atoms with van der Waals surface area (Å²) in [5, 5.41) is 125. The van der Waals surface area contributed by atoms with E-state index < -0.39 is 134 Å². The monoisotopic (exact) mass is 902 g/mol. The average Bonchev–Trinajstić information content (AvgIpc) is 3.27. The van der Waals surface area contributed by atoms with E-state index in [0.29, 0.717) is 5.56 Å². The van der Waals surface area contributed by atoms with Crippen molar-refractivity contribution in [2.45, 2.75) is 99.0 Å². The number of ether oxygens (including phenoxy) is 7. The second kappa shape index (κ2) is 19.3. The van der Waals surface area contributed by atoms with Gasteiger partial charge in [-0.25, -0.2) is 4.79 Å². The molecule has 3 fully saturated rings. The molecule has 3 saturated heterocycles. The van der Waals surface area contributed by atoms with Gasteiger partial charge in [0.2, 0.25) is 23.8 Å². The Balaban J connectivity index is 1.10. The number of fused-ring (bicyclic) bond motifs is 1. The van der Waals surface area contributed by atoms with E-state index in [1.807, 2.05) is 0 Å². The highest BCUT2D eigenvalue weighted by Crippen LogP contribution is 2.39. The predicted octanol–water partition coefficient (Wildman–Crippen LogP) is -1.95. The van der Waals surface area contributed by atoms with Crippen LogP contribution in [0.15, 0.2) is 76.0 Å². The van der Waals surface area contributed by atoms with Crippen molar-refractivity contribution in [1.29, 1.82) is 0 Å². The van der Waals surface area contributed by atoms with Crippen LogP contribution < -0.4 is 14.9 Å². The highest BCUT2D eigenvalue weighted by molar-refractivity contribution is 5.88. The first-order chi connectivity index (χ1) is 30.4. The fourth-order valence-electron chi connectivity index (χ4n) is 7.19. The summed E-state index contributed by atoms with van der Waals surface area (Å²) in [6.07, 6.45) is -23.5. The first-order valence-corrected chi connectivity index (χ1v) is 19.7. The molecule has 22 nitrogen and oxygen atoms in total. The molecule has 3 aliphatic rings. The van der Waals surface area contributed by atoms with Crippen molar-refractivity contribution in [3.63, 3.8) is 0 Å². The Labute approximate surface area is 361 Å². The summed E-state index contributed by atoms with van der Waals surface area (Å²) in [7, 11) is 0. The fraction of sp³-hybridized carbons (Fsp3) is 0.429. The number of aliphatic hydroxyl groups is 9. The smallest absolute Gasteiger partial charge is 0.330 e. The van der Waals surface area contributed by atoms with E-state index in [0.717, 1.165) is 18.2 Å². The number of hydrogen-bond acceptors (Lipinski definition) is 22. The molecular weight excluding hydrogens is 856 g/mol. The van der Waals surface area contributed by atoms with Gasteiger partial charge >= 0.3 is 5.97 Å². The molecule has 0 spiro atoms. The topological polar surface area (TPSA) is 355 Å². The van der Waals surface area contributed by atoms with Crippen molar-refractivity contribution in [3.8, 4) is 40.1 Å². The summed E-state index contributed by atoms with van der Waals surface area (Å²) in [5.74, 6) is -3.07. The number of carbonyl (C=O) groups is 1. The molecule has 3 aliphatic heterocycles. The molecule has 4 aromatic rings. The predicted molar refractivity (Wildman–Crippen MR) is 212 cm³/mol. The zero-order valence-electron chi connectivity index (χ0n) is 33.5. The second-order valence-electron chi connectivity index (χ2n) is 15.2. The minimum absolute atomic E-state index is 0.0193. The number of esters is 1. The minimum Gasteiger partial charge on any atom is -0.508 e. The maximum absolute atomic E-state index is 14.1. The van der Waals surface area contributed by atoms with Gasteiger partial charge in [-0.1, -0.05) is 12.1 Å². The lowest BCUT2D eigenvalue weighted by Crippen LogP contribution is -2.64. The number of phenolic OH excluding ortho intramolecular Hbond substituents is 3. The molecule has 3 aromatic carbocycles.